The van der Waals surface area contributed by atoms with Gasteiger partial charge in [0, 0.05) is 0 Å². The van der Waals surface area contributed by atoms with Crippen molar-refractivity contribution in [2.24, 2.45) is 23.7 Å². The summed E-state index contributed by atoms with van der Waals surface area (Å²) in [6, 6.07) is 0. The van der Waals surface area contributed by atoms with Crippen molar-refractivity contribution in [2.45, 2.75) is 141 Å². The normalized spacial score (nSPS) is 40.7. The zero-order valence-corrected chi connectivity index (χ0v) is 29.7. The van der Waals surface area contributed by atoms with Crippen LogP contribution in [0.2, 0.25) is 0 Å². The van der Waals surface area contributed by atoms with Crippen molar-refractivity contribution in [3.63, 3.8) is 0 Å². The molecule has 6 fully saturated rings. The molecule has 0 aliphatic carbocycles. The second kappa shape index (κ2) is 13.7. The zero-order chi connectivity index (χ0) is 36.4. The van der Waals surface area contributed by atoms with Crippen LogP contribution in [0.3, 0.4) is 0 Å². The Balaban J connectivity index is 1.06. The van der Waals surface area contributed by atoms with Gasteiger partial charge in [-0.25, -0.2) is 21.7 Å². The molecule has 0 radical (unpaired) electrons. The molecule has 0 aromatic heterocycles. The summed E-state index contributed by atoms with van der Waals surface area (Å²) in [4.78, 5) is 55.7. The van der Waals surface area contributed by atoms with Gasteiger partial charge in [-0.3, -0.25) is 19.3 Å². The Labute approximate surface area is 289 Å². The van der Waals surface area contributed by atoms with Crippen LogP contribution in [-0.2, 0) is 76.3 Å². The highest BCUT2D eigenvalue weighted by molar-refractivity contribution is 5.81. The smallest absolute Gasteiger partial charge is 0.336 e. The monoisotopic (exact) mass is 719 g/mol. The topological polar surface area (TPSA) is 221 Å². The zero-order valence-electron chi connectivity index (χ0n) is 29.7. The van der Waals surface area contributed by atoms with E-state index in [1.165, 1.54) is 0 Å². The van der Waals surface area contributed by atoms with Gasteiger partial charge >= 0.3 is 5.97 Å². The van der Waals surface area contributed by atoms with Crippen LogP contribution in [0.15, 0.2) is 0 Å². The third kappa shape index (κ3) is 7.94. The van der Waals surface area contributed by atoms with Crippen LogP contribution in [0, 0.1) is 17.8 Å². The Kier molecular flexibility index (Phi) is 10.3. The van der Waals surface area contributed by atoms with Crippen molar-refractivity contribution in [3.05, 3.63) is 0 Å². The minimum absolute atomic E-state index is 0.0365. The molecule has 19 nitrogen and oxygen atoms in total. The molecular weight excluding hydrogens is 670 g/mol. The number of esters is 1. The summed E-state index contributed by atoms with van der Waals surface area (Å²) in [7, 11) is 0. The fraction of sp³-hybridized carbons (Fsp3) is 0.903. The maximum absolute atomic E-state index is 13.5. The van der Waals surface area contributed by atoms with E-state index in [4.69, 9.17) is 67.8 Å². The van der Waals surface area contributed by atoms with Crippen molar-refractivity contribution in [3.8, 4) is 0 Å². The number of ether oxygens (including phenoxy) is 10. The van der Waals surface area contributed by atoms with Gasteiger partial charge < -0.3 is 52.2 Å². The number of nitrogens with one attached hydrogen (secondary N) is 2. The lowest BCUT2D eigenvalue weighted by Gasteiger charge is -2.28. The van der Waals surface area contributed by atoms with Gasteiger partial charge in [0.25, 0.3) is 11.8 Å². The summed E-state index contributed by atoms with van der Waals surface area (Å²) in [6.07, 6.45) is -7.83. The van der Waals surface area contributed by atoms with Crippen molar-refractivity contribution >= 4 is 17.8 Å². The predicted molar refractivity (Wildman–Crippen MR) is 161 cm³/mol. The van der Waals surface area contributed by atoms with E-state index in [9.17, 15) is 14.4 Å². The van der Waals surface area contributed by atoms with Gasteiger partial charge in [-0.1, -0.05) is 0 Å². The second-order valence-corrected chi connectivity index (χ2v) is 15.5. The van der Waals surface area contributed by atoms with Crippen molar-refractivity contribution in [2.75, 3.05) is 19.8 Å². The Hall–Kier alpha value is -2.11. The minimum Gasteiger partial charge on any atom is -0.458 e. The van der Waals surface area contributed by atoms with Gasteiger partial charge in [-0.05, 0) is 62.3 Å². The van der Waals surface area contributed by atoms with Crippen LogP contribution in [0.1, 0.15) is 62.3 Å². The summed E-state index contributed by atoms with van der Waals surface area (Å²) >= 11 is 0. The molecule has 6 aliphatic heterocycles. The molecule has 19 heteroatoms. The highest BCUT2D eigenvalue weighted by Gasteiger charge is 2.60. The molecule has 0 aromatic carbocycles. The third-order valence-electron chi connectivity index (χ3n) is 8.88. The van der Waals surface area contributed by atoms with Crippen LogP contribution >= 0.6 is 0 Å². The van der Waals surface area contributed by atoms with Gasteiger partial charge in [0.1, 0.15) is 36.1 Å². The first-order chi connectivity index (χ1) is 23.3. The van der Waals surface area contributed by atoms with Gasteiger partial charge in [-0.2, -0.15) is 0 Å². The number of nitrogens with two attached hydrogens (primary N) is 1. The van der Waals surface area contributed by atoms with Crippen LogP contribution in [0.25, 0.3) is 0 Å². The standard InChI is InChI=1S/C31H49N3O16/c1-28(2,3)47-24(37)18-15(21-27(43-18)50-31(8,9)46-21)12-40-34-23(36)17-14(20-26(42-17)49-30(6,7)45-20)11-39-33-22(35)16-13(10-38-32)19-25(41-16)48-29(4,5)44-19/h13-21,25-27H,10-12,32H2,1-9H3,(H,33,35)(H,34,36)/t13-,14-,15-,16+,17+,18+,19-,20-,21-,25-,26-,27-/m1/s1. The summed E-state index contributed by atoms with van der Waals surface area (Å²) in [5, 5.41) is 0. The number of fused-ring (bicyclic) bond motifs is 3. The van der Waals surface area contributed by atoms with E-state index in [0.29, 0.717) is 0 Å². The van der Waals surface area contributed by atoms with Crippen LogP contribution in [-0.4, -0.2) is 116 Å². The number of hydroxylamine groups is 2. The number of carbonyl (C=O) groups excluding carboxylic acids is 3. The number of rotatable bonds is 11. The average Bonchev–Trinajstić information content (AvgIpc) is 3.77. The van der Waals surface area contributed by atoms with E-state index in [2.05, 4.69) is 11.0 Å². The summed E-state index contributed by atoms with van der Waals surface area (Å²) in [6.45, 7) is 15.1. The fourth-order valence-electron chi connectivity index (χ4n) is 7.00. The van der Waals surface area contributed by atoms with E-state index < -0.39 is 114 Å². The van der Waals surface area contributed by atoms with E-state index in [0.717, 1.165) is 0 Å². The number of carbonyl (C=O) groups is 3. The number of amides is 2. The average molecular weight is 720 g/mol. The van der Waals surface area contributed by atoms with E-state index in [-0.39, 0.29) is 19.8 Å². The van der Waals surface area contributed by atoms with Crippen LogP contribution in [0.4, 0.5) is 0 Å². The molecule has 6 heterocycles. The van der Waals surface area contributed by atoms with Gasteiger partial charge in [0.05, 0.1) is 37.6 Å². The summed E-state index contributed by atoms with van der Waals surface area (Å²) in [5.74, 6) is -1.49. The minimum atomic E-state index is -1.18. The first kappa shape index (κ1) is 37.6. The maximum Gasteiger partial charge on any atom is 0.336 e. The molecule has 0 aromatic rings. The summed E-state index contributed by atoms with van der Waals surface area (Å²) in [5.41, 5.74) is 4.01. The number of hydrogen-bond donors (Lipinski definition) is 3. The molecular formula is C31H49N3O16. The molecule has 0 unspecified atom stereocenters. The van der Waals surface area contributed by atoms with Crippen LogP contribution in [0.5, 0.6) is 0 Å². The summed E-state index contributed by atoms with van der Waals surface area (Å²) < 4.78 is 58.5. The molecule has 0 bridgehead atoms. The highest BCUT2D eigenvalue weighted by Crippen LogP contribution is 2.44. The van der Waals surface area contributed by atoms with Crippen LogP contribution < -0.4 is 16.9 Å². The fourth-order valence-corrected chi connectivity index (χ4v) is 7.00. The molecule has 6 aliphatic rings. The molecule has 6 rings (SSSR count). The SMILES string of the molecule is CC(C)(C)OC(=O)[C@H]1O[C@@H]2OC(C)(C)O[C@@H]2[C@@H]1CONC(=O)[C@H]1O[C@@H]2OC(C)(C)O[C@@H]2[C@@H]1CONC(=O)[C@H]1O[C@@H]2OC(C)(C)O[C@@H]2[C@@H]1CON. The largest absolute Gasteiger partial charge is 0.458 e. The Bertz CT molecular complexity index is 1290. The quantitative estimate of drug-likeness (QED) is 0.186. The maximum atomic E-state index is 13.5. The van der Waals surface area contributed by atoms with Crippen molar-refractivity contribution < 1.29 is 76.3 Å². The number of hydrogen-bond acceptors (Lipinski definition) is 17. The van der Waals surface area contributed by atoms with Crippen molar-refractivity contribution in [1.29, 1.82) is 0 Å². The lowest BCUT2D eigenvalue weighted by atomic mass is 9.98. The van der Waals surface area contributed by atoms with Gasteiger partial charge in [0.2, 0.25) is 0 Å². The molecule has 12 atom stereocenters. The lowest BCUT2D eigenvalue weighted by Crippen LogP contribution is -2.47. The predicted octanol–water partition coefficient (Wildman–Crippen LogP) is -0.208. The molecule has 0 saturated carbocycles. The molecule has 50 heavy (non-hydrogen) atoms. The van der Waals surface area contributed by atoms with E-state index in [1.54, 1.807) is 62.3 Å². The van der Waals surface area contributed by atoms with E-state index >= 15 is 0 Å². The Morgan fingerprint density at radius 1 is 0.600 bits per heavy atom. The Morgan fingerprint density at radius 3 is 1.34 bits per heavy atom. The molecule has 0 spiro atoms. The van der Waals surface area contributed by atoms with E-state index in [1.807, 2.05) is 0 Å². The molecule has 284 valence electrons. The second-order valence-electron chi connectivity index (χ2n) is 15.5. The highest BCUT2D eigenvalue weighted by atomic mass is 16.9. The van der Waals surface area contributed by atoms with Crippen molar-refractivity contribution in [1.82, 2.24) is 11.0 Å². The molecule has 2 amide bonds. The first-order valence-corrected chi connectivity index (χ1v) is 16.7. The molecule has 4 N–H and O–H groups in total. The first-order valence-electron chi connectivity index (χ1n) is 16.7. The van der Waals surface area contributed by atoms with Gasteiger partial charge in [0.15, 0.2) is 42.3 Å². The third-order valence-corrected chi connectivity index (χ3v) is 8.88. The van der Waals surface area contributed by atoms with Gasteiger partial charge in [-0.15, -0.1) is 0 Å². The molecule has 6 saturated heterocycles. The lowest BCUT2D eigenvalue weighted by molar-refractivity contribution is -0.223. The Morgan fingerprint density at radius 2 is 0.960 bits per heavy atom.